The highest BCUT2D eigenvalue weighted by Crippen LogP contribution is 2.02. The van der Waals surface area contributed by atoms with Crippen LogP contribution in [0.5, 0.6) is 0 Å². The molecule has 0 heterocycles. The molecule has 0 aliphatic rings. The van der Waals surface area contributed by atoms with Gasteiger partial charge in [-0.05, 0) is 19.8 Å². The molecule has 0 bridgehead atoms. The molecule has 5 nitrogen and oxygen atoms in total. The number of nitrogens with two attached hydrogens (primary N) is 1. The van der Waals surface area contributed by atoms with Gasteiger partial charge in [-0.1, -0.05) is 13.8 Å². The summed E-state index contributed by atoms with van der Waals surface area (Å²) in [5.74, 6) is -0.192. The van der Waals surface area contributed by atoms with Crippen LogP contribution in [0.4, 0.5) is 0 Å². The number of amides is 1. The number of hydrogen-bond donors (Lipinski definition) is 2. The Morgan fingerprint density at radius 3 is 2.06 bits per heavy atom. The van der Waals surface area contributed by atoms with E-state index < -0.39 is 0 Å². The number of primary amides is 1. The van der Waals surface area contributed by atoms with E-state index in [0.717, 1.165) is 0 Å². The second-order valence-corrected chi connectivity index (χ2v) is 3.87. The fourth-order valence-electron chi connectivity index (χ4n) is 1.43. The fourth-order valence-corrected chi connectivity index (χ4v) is 1.43. The third-order valence-electron chi connectivity index (χ3n) is 2.18. The lowest BCUT2D eigenvalue weighted by atomic mass is 10.0. The van der Waals surface area contributed by atoms with Crippen molar-refractivity contribution in [1.29, 1.82) is 0 Å². The normalized spacial score (nSPS) is 13.4. The Kier molecular flexibility index (Phi) is 8.15. The Bertz CT molecular complexity index is 192. The molecule has 0 aliphatic heterocycles. The van der Waals surface area contributed by atoms with Gasteiger partial charge in [0, 0.05) is 19.8 Å². The number of carbonyl (C=O) groups is 1. The first kappa shape index (κ1) is 15.3. The highest BCUT2D eigenvalue weighted by Gasteiger charge is 2.20. The van der Waals surface area contributed by atoms with Gasteiger partial charge in [0.25, 0.3) is 0 Å². The van der Waals surface area contributed by atoms with E-state index in [4.69, 9.17) is 15.2 Å². The second kappa shape index (κ2) is 8.50. The van der Waals surface area contributed by atoms with Crippen molar-refractivity contribution in [3.63, 3.8) is 0 Å². The first-order chi connectivity index (χ1) is 7.52. The number of ether oxygens (including phenoxy) is 2. The van der Waals surface area contributed by atoms with Gasteiger partial charge in [0.05, 0.1) is 6.04 Å². The van der Waals surface area contributed by atoms with Gasteiger partial charge < -0.3 is 20.5 Å². The Labute approximate surface area is 97.7 Å². The fraction of sp³-hybridized carbons (Fsp3) is 0.909. The number of nitrogens with one attached hydrogen (secondary N) is 1. The first-order valence-electron chi connectivity index (χ1n) is 5.78. The lowest BCUT2D eigenvalue weighted by Gasteiger charge is -2.23. The quantitative estimate of drug-likeness (QED) is 0.567. The Hall–Kier alpha value is -0.650. The van der Waals surface area contributed by atoms with Crippen LogP contribution in [-0.4, -0.2) is 38.0 Å². The summed E-state index contributed by atoms with van der Waals surface area (Å²) in [6.45, 7) is 9.32. The summed E-state index contributed by atoms with van der Waals surface area (Å²) >= 11 is 0. The monoisotopic (exact) mass is 232 g/mol. The molecule has 0 aliphatic carbocycles. The molecule has 5 heteroatoms. The summed E-state index contributed by atoms with van der Waals surface area (Å²) in [5.41, 5.74) is 5.29. The van der Waals surface area contributed by atoms with Gasteiger partial charge in [-0.2, -0.15) is 0 Å². The maximum Gasteiger partial charge on any atom is 0.234 e. The van der Waals surface area contributed by atoms with Gasteiger partial charge in [0.15, 0.2) is 6.29 Å². The minimum atomic E-state index is -0.346. The van der Waals surface area contributed by atoms with E-state index >= 15 is 0 Å². The molecule has 0 radical (unpaired) electrons. The van der Waals surface area contributed by atoms with Gasteiger partial charge in [0.2, 0.25) is 5.91 Å². The minimum absolute atomic E-state index is 0.154. The van der Waals surface area contributed by atoms with Crippen molar-refractivity contribution in [3.05, 3.63) is 0 Å². The first-order valence-corrected chi connectivity index (χ1v) is 5.78. The van der Waals surface area contributed by atoms with E-state index in [1.165, 1.54) is 0 Å². The molecular weight excluding hydrogens is 208 g/mol. The maximum atomic E-state index is 11.1. The van der Waals surface area contributed by atoms with Crippen molar-refractivity contribution in [2.75, 3.05) is 19.8 Å². The van der Waals surface area contributed by atoms with Crippen LogP contribution in [0.1, 0.15) is 27.7 Å². The summed E-state index contributed by atoms with van der Waals surface area (Å²) in [4.78, 5) is 11.1. The molecule has 0 fully saturated rings. The lowest BCUT2D eigenvalue weighted by Crippen LogP contribution is -2.48. The van der Waals surface area contributed by atoms with Crippen LogP contribution in [-0.2, 0) is 14.3 Å². The van der Waals surface area contributed by atoms with Gasteiger partial charge in [-0.3, -0.25) is 4.79 Å². The van der Waals surface area contributed by atoms with Crippen molar-refractivity contribution in [2.45, 2.75) is 40.0 Å². The zero-order valence-corrected chi connectivity index (χ0v) is 10.7. The minimum Gasteiger partial charge on any atom is -0.368 e. The summed E-state index contributed by atoms with van der Waals surface area (Å²) in [6.07, 6.45) is -0.324. The van der Waals surface area contributed by atoms with E-state index in [0.29, 0.717) is 19.8 Å². The van der Waals surface area contributed by atoms with Crippen molar-refractivity contribution in [2.24, 2.45) is 11.7 Å². The molecule has 0 spiro atoms. The van der Waals surface area contributed by atoms with Crippen LogP contribution in [0.15, 0.2) is 0 Å². The van der Waals surface area contributed by atoms with Gasteiger partial charge >= 0.3 is 0 Å². The average Bonchev–Trinajstić information content (AvgIpc) is 2.17. The SMILES string of the molecule is CCOC(CNC(C(N)=O)C(C)C)OCC. The largest absolute Gasteiger partial charge is 0.368 e. The number of hydrogen-bond acceptors (Lipinski definition) is 4. The molecule has 1 amide bonds. The number of rotatable bonds is 9. The number of carbonyl (C=O) groups excluding carboxylic acids is 1. The molecule has 0 saturated heterocycles. The summed E-state index contributed by atoms with van der Waals surface area (Å²) in [6, 6.07) is -0.344. The molecular formula is C11H24N2O3. The molecule has 96 valence electrons. The van der Waals surface area contributed by atoms with Crippen LogP contribution in [0.3, 0.4) is 0 Å². The van der Waals surface area contributed by atoms with Gasteiger partial charge in [-0.25, -0.2) is 0 Å². The van der Waals surface area contributed by atoms with E-state index in [1.54, 1.807) is 0 Å². The van der Waals surface area contributed by atoms with Crippen molar-refractivity contribution < 1.29 is 14.3 Å². The third-order valence-corrected chi connectivity index (χ3v) is 2.18. The summed E-state index contributed by atoms with van der Waals surface area (Å²) in [5, 5.41) is 3.06. The van der Waals surface area contributed by atoms with E-state index in [1.807, 2.05) is 27.7 Å². The molecule has 1 atom stereocenters. The van der Waals surface area contributed by atoms with Crippen LogP contribution in [0.2, 0.25) is 0 Å². The third kappa shape index (κ3) is 6.05. The lowest BCUT2D eigenvalue weighted by molar-refractivity contribution is -0.136. The molecule has 0 aromatic rings. The van der Waals surface area contributed by atoms with Gasteiger partial charge in [0.1, 0.15) is 0 Å². The Balaban J connectivity index is 4.09. The van der Waals surface area contributed by atoms with Crippen LogP contribution < -0.4 is 11.1 Å². The van der Waals surface area contributed by atoms with E-state index in [-0.39, 0.29) is 24.2 Å². The average molecular weight is 232 g/mol. The predicted molar refractivity (Wildman–Crippen MR) is 62.9 cm³/mol. The summed E-state index contributed by atoms with van der Waals surface area (Å²) in [7, 11) is 0. The highest BCUT2D eigenvalue weighted by atomic mass is 16.7. The maximum absolute atomic E-state index is 11.1. The molecule has 0 aromatic heterocycles. The van der Waals surface area contributed by atoms with Crippen molar-refractivity contribution in [1.82, 2.24) is 5.32 Å². The Morgan fingerprint density at radius 1 is 1.25 bits per heavy atom. The molecule has 16 heavy (non-hydrogen) atoms. The standard InChI is InChI=1S/C11H24N2O3/c1-5-15-9(16-6-2)7-13-10(8(3)4)11(12)14/h8-10,13H,5-7H2,1-4H3,(H2,12,14). The molecule has 1 unspecified atom stereocenters. The molecule has 0 saturated carbocycles. The van der Waals surface area contributed by atoms with Crippen LogP contribution in [0.25, 0.3) is 0 Å². The zero-order valence-electron chi connectivity index (χ0n) is 10.7. The van der Waals surface area contributed by atoms with Crippen molar-refractivity contribution in [3.8, 4) is 0 Å². The van der Waals surface area contributed by atoms with E-state index in [2.05, 4.69) is 5.32 Å². The predicted octanol–water partition coefficient (Wildman–Crippen LogP) is 0.485. The smallest absolute Gasteiger partial charge is 0.234 e. The highest BCUT2D eigenvalue weighted by molar-refractivity contribution is 5.80. The Morgan fingerprint density at radius 2 is 1.75 bits per heavy atom. The van der Waals surface area contributed by atoms with Crippen LogP contribution in [0, 0.1) is 5.92 Å². The van der Waals surface area contributed by atoms with Crippen molar-refractivity contribution >= 4 is 5.91 Å². The molecule has 0 aromatic carbocycles. The van der Waals surface area contributed by atoms with Gasteiger partial charge in [-0.15, -0.1) is 0 Å². The van der Waals surface area contributed by atoms with Crippen LogP contribution >= 0.6 is 0 Å². The zero-order chi connectivity index (χ0) is 12.6. The topological polar surface area (TPSA) is 73.6 Å². The second-order valence-electron chi connectivity index (χ2n) is 3.87. The van der Waals surface area contributed by atoms with E-state index in [9.17, 15) is 4.79 Å². The molecule has 3 N–H and O–H groups in total. The summed E-state index contributed by atoms with van der Waals surface area (Å²) < 4.78 is 10.7. The molecule has 0 rings (SSSR count).